The Labute approximate surface area is 215 Å². The quantitative estimate of drug-likeness (QED) is 0.486. The van der Waals surface area contributed by atoms with Crippen LogP contribution in [0.15, 0.2) is 58.1 Å². The van der Waals surface area contributed by atoms with E-state index in [0.29, 0.717) is 34.7 Å². The fourth-order valence-electron chi connectivity index (χ4n) is 5.05. The molecule has 3 aromatic rings. The zero-order chi connectivity index (χ0) is 26.1. The summed E-state index contributed by atoms with van der Waals surface area (Å²) in [5, 5.41) is 4.32. The molecule has 2 fully saturated rings. The average molecular weight is 504 g/mol. The number of fused-ring (bicyclic) bond motifs is 1. The third kappa shape index (κ3) is 5.16. The van der Waals surface area contributed by atoms with Crippen LogP contribution in [0.1, 0.15) is 58.4 Å². The van der Waals surface area contributed by atoms with Crippen LogP contribution in [0.25, 0.3) is 10.9 Å². The van der Waals surface area contributed by atoms with E-state index in [0.717, 1.165) is 38.5 Å². The van der Waals surface area contributed by atoms with Crippen molar-refractivity contribution in [3.05, 3.63) is 69.4 Å². The first-order valence-electron chi connectivity index (χ1n) is 13.1. The van der Waals surface area contributed by atoms with Gasteiger partial charge < -0.3 is 5.32 Å². The smallest absolute Gasteiger partial charge is 0.306 e. The molecule has 0 bridgehead atoms. The topological polar surface area (TPSA) is 105 Å². The number of carbonyl (C=O) groups excluding carboxylic acids is 2. The van der Waals surface area contributed by atoms with Gasteiger partial charge in [0.2, 0.25) is 5.91 Å². The van der Waals surface area contributed by atoms with E-state index >= 15 is 0 Å². The summed E-state index contributed by atoms with van der Waals surface area (Å²) < 4.78 is 2.93. The molecule has 37 heavy (non-hydrogen) atoms. The number of aromatic nitrogens is 2. The van der Waals surface area contributed by atoms with Crippen LogP contribution in [0.2, 0.25) is 0 Å². The molecule has 0 saturated heterocycles. The predicted octanol–water partition coefficient (Wildman–Crippen LogP) is 4.41. The molecule has 0 radical (unpaired) electrons. The molecule has 194 valence electrons. The van der Waals surface area contributed by atoms with Gasteiger partial charge in [-0.3, -0.25) is 24.1 Å². The summed E-state index contributed by atoms with van der Waals surface area (Å²) in [6, 6.07) is 13.2. The van der Waals surface area contributed by atoms with Crippen molar-refractivity contribution >= 4 is 34.2 Å². The minimum Gasteiger partial charge on any atom is -0.306 e. The molecular formula is C28H33N5O4. The highest BCUT2D eigenvalue weighted by atomic mass is 16.2. The first-order valence-corrected chi connectivity index (χ1v) is 13.1. The molecule has 9 nitrogen and oxygen atoms in total. The fraction of sp³-hybridized carbons (Fsp3) is 0.429. The van der Waals surface area contributed by atoms with E-state index in [1.165, 1.54) is 9.58 Å². The van der Waals surface area contributed by atoms with Crippen molar-refractivity contribution < 1.29 is 9.59 Å². The summed E-state index contributed by atoms with van der Waals surface area (Å²) in [7, 11) is 0. The minimum absolute atomic E-state index is 0.158. The van der Waals surface area contributed by atoms with Gasteiger partial charge >= 0.3 is 11.7 Å². The molecule has 1 aromatic heterocycles. The van der Waals surface area contributed by atoms with Crippen molar-refractivity contribution in [1.82, 2.24) is 14.6 Å². The molecule has 2 N–H and O–H groups in total. The van der Waals surface area contributed by atoms with Crippen molar-refractivity contribution in [3.63, 3.8) is 0 Å². The third-order valence-electron chi connectivity index (χ3n) is 7.24. The van der Waals surface area contributed by atoms with Gasteiger partial charge in [-0.05, 0) is 75.8 Å². The van der Waals surface area contributed by atoms with Gasteiger partial charge in [-0.25, -0.2) is 14.6 Å². The van der Waals surface area contributed by atoms with Gasteiger partial charge in [0.05, 0.1) is 16.6 Å². The zero-order valence-corrected chi connectivity index (χ0v) is 21.3. The highest BCUT2D eigenvalue weighted by Gasteiger charge is 2.28. The number of nitrogens with one attached hydrogen (secondary N) is 2. The number of benzene rings is 2. The number of rotatable bonds is 6. The van der Waals surface area contributed by atoms with E-state index in [4.69, 9.17) is 0 Å². The minimum atomic E-state index is -0.549. The van der Waals surface area contributed by atoms with E-state index in [1.807, 2.05) is 19.9 Å². The number of hydrazine groups is 1. The summed E-state index contributed by atoms with van der Waals surface area (Å²) in [6.45, 7) is 4.20. The van der Waals surface area contributed by atoms with E-state index in [1.54, 1.807) is 47.0 Å². The van der Waals surface area contributed by atoms with Gasteiger partial charge in [0, 0.05) is 24.2 Å². The Balaban J connectivity index is 1.58. The molecule has 9 heteroatoms. The van der Waals surface area contributed by atoms with Gasteiger partial charge in [0.25, 0.3) is 5.56 Å². The monoisotopic (exact) mass is 503 g/mol. The Kier molecular flexibility index (Phi) is 6.86. The SMILES string of the molecule is CC(C)n1c(=O)n(CC2CC2)c(=O)c2cc(N(NC(=O)C3CCCC3)C(=O)Nc3ccccc3)ccc21. The van der Waals surface area contributed by atoms with Crippen molar-refractivity contribution in [2.45, 2.75) is 65.0 Å². The van der Waals surface area contributed by atoms with Crippen LogP contribution >= 0.6 is 0 Å². The number of amides is 3. The lowest BCUT2D eigenvalue weighted by molar-refractivity contribution is -0.124. The van der Waals surface area contributed by atoms with E-state index in [-0.39, 0.29) is 29.1 Å². The second kappa shape index (κ2) is 10.2. The van der Waals surface area contributed by atoms with Gasteiger partial charge in [0.15, 0.2) is 0 Å². The second-order valence-corrected chi connectivity index (χ2v) is 10.4. The maximum Gasteiger partial charge on any atom is 0.345 e. The number of hydrogen-bond donors (Lipinski definition) is 2. The molecule has 2 saturated carbocycles. The number of hydrogen-bond acceptors (Lipinski definition) is 4. The average Bonchev–Trinajstić information content (AvgIpc) is 3.53. The Morgan fingerprint density at radius 1 is 1.00 bits per heavy atom. The number of nitrogens with zero attached hydrogens (tertiary/aromatic N) is 3. The standard InChI is InChI=1S/C28H33N5O4/c1-18(2)32-24-15-14-22(16-23(24)26(35)31(28(32)37)17-19-12-13-19)33(30-25(34)20-8-6-7-9-20)27(36)29-21-10-4-3-5-11-21/h3-5,10-11,14-16,18-20H,6-9,12-13,17H2,1-2H3,(H,29,36)(H,30,34). The number of para-hydroxylation sites is 1. The molecule has 0 atom stereocenters. The molecule has 2 aliphatic rings. The largest absolute Gasteiger partial charge is 0.345 e. The molecule has 5 rings (SSSR count). The van der Waals surface area contributed by atoms with E-state index in [2.05, 4.69) is 10.7 Å². The van der Waals surface area contributed by atoms with Crippen molar-refractivity contribution in [3.8, 4) is 0 Å². The Morgan fingerprint density at radius 2 is 1.70 bits per heavy atom. The first-order chi connectivity index (χ1) is 17.8. The Morgan fingerprint density at radius 3 is 2.35 bits per heavy atom. The maximum absolute atomic E-state index is 13.5. The first kappa shape index (κ1) is 24.8. The summed E-state index contributed by atoms with van der Waals surface area (Å²) >= 11 is 0. The van der Waals surface area contributed by atoms with Gasteiger partial charge in [-0.1, -0.05) is 31.0 Å². The van der Waals surface area contributed by atoms with E-state index < -0.39 is 6.03 Å². The van der Waals surface area contributed by atoms with Gasteiger partial charge in [-0.2, -0.15) is 0 Å². The maximum atomic E-state index is 13.5. The van der Waals surface area contributed by atoms with Gasteiger partial charge in [-0.15, -0.1) is 0 Å². The van der Waals surface area contributed by atoms with Crippen LogP contribution in [-0.4, -0.2) is 21.1 Å². The number of carbonyl (C=O) groups is 2. The van der Waals surface area contributed by atoms with Gasteiger partial charge in [0.1, 0.15) is 0 Å². The van der Waals surface area contributed by atoms with Crippen molar-refractivity contribution in [1.29, 1.82) is 0 Å². The Hall–Kier alpha value is -3.88. The Bertz CT molecular complexity index is 1430. The van der Waals surface area contributed by atoms with Crippen molar-refractivity contribution in [2.75, 3.05) is 10.3 Å². The van der Waals surface area contributed by atoms with Crippen LogP contribution in [-0.2, 0) is 11.3 Å². The van der Waals surface area contributed by atoms with E-state index in [9.17, 15) is 19.2 Å². The molecule has 0 unspecified atom stereocenters. The van der Waals surface area contributed by atoms with Crippen LogP contribution in [0.5, 0.6) is 0 Å². The predicted molar refractivity (Wildman–Crippen MR) is 144 cm³/mol. The summed E-state index contributed by atoms with van der Waals surface area (Å²) in [5.41, 5.74) is 3.52. The van der Waals surface area contributed by atoms with Crippen LogP contribution in [0.4, 0.5) is 16.2 Å². The number of urea groups is 1. The fourth-order valence-corrected chi connectivity index (χ4v) is 5.05. The van der Waals surface area contributed by atoms with Crippen LogP contribution in [0, 0.1) is 11.8 Å². The molecule has 2 aromatic carbocycles. The molecule has 2 aliphatic carbocycles. The normalized spacial score (nSPS) is 15.8. The molecule has 0 aliphatic heterocycles. The molecule has 0 spiro atoms. The lowest BCUT2D eigenvalue weighted by Crippen LogP contribution is -2.50. The third-order valence-corrected chi connectivity index (χ3v) is 7.24. The lowest BCUT2D eigenvalue weighted by atomic mass is 10.1. The van der Waals surface area contributed by atoms with Crippen molar-refractivity contribution in [2.24, 2.45) is 11.8 Å². The molecular weight excluding hydrogens is 470 g/mol. The highest BCUT2D eigenvalue weighted by Crippen LogP contribution is 2.30. The van der Waals surface area contributed by atoms with Crippen LogP contribution in [0.3, 0.4) is 0 Å². The summed E-state index contributed by atoms with van der Waals surface area (Å²) in [5.74, 6) is -0.0426. The summed E-state index contributed by atoms with van der Waals surface area (Å²) in [4.78, 5) is 53.2. The highest BCUT2D eigenvalue weighted by molar-refractivity contribution is 6.04. The zero-order valence-electron chi connectivity index (χ0n) is 21.3. The van der Waals surface area contributed by atoms with Crippen LogP contribution < -0.4 is 27.0 Å². The molecule has 1 heterocycles. The lowest BCUT2D eigenvalue weighted by Gasteiger charge is -2.26. The summed E-state index contributed by atoms with van der Waals surface area (Å²) in [6.07, 6.45) is 5.54. The molecule has 3 amide bonds. The second-order valence-electron chi connectivity index (χ2n) is 10.4. The number of anilines is 2.